The van der Waals surface area contributed by atoms with Crippen LogP contribution in [0.2, 0.25) is 0 Å². The molecule has 0 radical (unpaired) electrons. The van der Waals surface area contributed by atoms with E-state index in [4.69, 9.17) is 0 Å². The molecule has 0 saturated heterocycles. The Morgan fingerprint density at radius 3 is 1.30 bits per heavy atom. The van der Waals surface area contributed by atoms with Crippen molar-refractivity contribution < 1.29 is 24.0 Å². The third kappa shape index (κ3) is 4.89. The van der Waals surface area contributed by atoms with Crippen LogP contribution in [0, 0.1) is 0 Å². The summed E-state index contributed by atoms with van der Waals surface area (Å²) in [6, 6.07) is 32.9. The Morgan fingerprint density at radius 1 is 0.565 bits per heavy atom. The molecule has 0 aliphatic rings. The van der Waals surface area contributed by atoms with Gasteiger partial charge in [0.25, 0.3) is 0 Å². The van der Waals surface area contributed by atoms with E-state index in [1.54, 1.807) is 0 Å². The lowest BCUT2D eigenvalue weighted by Crippen LogP contribution is -3.00. The van der Waals surface area contributed by atoms with Crippen molar-refractivity contribution in [2.75, 3.05) is 6.66 Å². The van der Waals surface area contributed by atoms with E-state index < -0.39 is 7.26 Å². The third-order valence-electron chi connectivity index (χ3n) is 4.13. The fraction of sp³-hybridized carbons (Fsp3) is 0.143. The van der Waals surface area contributed by atoms with Crippen molar-refractivity contribution in [3.63, 3.8) is 0 Å². The second-order valence-corrected chi connectivity index (χ2v) is 9.96. The van der Waals surface area contributed by atoms with Gasteiger partial charge in [-0.15, -0.1) is 0 Å². The molecule has 0 aliphatic heterocycles. The molecule has 3 rings (SSSR count). The van der Waals surface area contributed by atoms with Crippen LogP contribution in [0.25, 0.3) is 0 Å². The molecule has 3 aromatic rings. The summed E-state index contributed by atoms with van der Waals surface area (Å²) in [5.41, 5.74) is 2.89. The summed E-state index contributed by atoms with van der Waals surface area (Å²) in [5.74, 6) is 0. The highest BCUT2D eigenvalue weighted by molar-refractivity contribution is 7.80. The van der Waals surface area contributed by atoms with Crippen molar-refractivity contribution in [1.29, 1.82) is 0 Å². The zero-order valence-electron chi connectivity index (χ0n) is 13.4. The Labute approximate surface area is 157 Å². The van der Waals surface area contributed by atoms with Gasteiger partial charge in [0.1, 0.15) is 0 Å². The Balaban J connectivity index is 0.00000192. The van der Waals surface area contributed by atoms with Gasteiger partial charge in [0.15, 0.2) is 0 Å². The predicted octanol–water partition coefficient (Wildman–Crippen LogP) is 2.36. The van der Waals surface area contributed by atoms with Crippen molar-refractivity contribution in [2.45, 2.75) is 12.3 Å². The smallest absolute Gasteiger partial charge is 0.0943 e. The quantitative estimate of drug-likeness (QED) is 0.429. The molecule has 0 saturated carbocycles. The lowest BCUT2D eigenvalue weighted by atomic mass is 10.2. The van der Waals surface area contributed by atoms with E-state index in [2.05, 4.69) is 97.7 Å². The van der Waals surface area contributed by atoms with Crippen molar-refractivity contribution in [1.82, 2.24) is 0 Å². The molecular formula is C21H22IP. The van der Waals surface area contributed by atoms with E-state index in [-0.39, 0.29) is 24.0 Å². The molecule has 0 atom stereocenters. The summed E-state index contributed by atoms with van der Waals surface area (Å²) in [7, 11) is -1.27. The first-order chi connectivity index (χ1) is 10.8. The minimum atomic E-state index is -1.27. The molecule has 2 heteroatoms. The van der Waals surface area contributed by atoms with E-state index >= 15 is 0 Å². The number of hydrogen-bond acceptors (Lipinski definition) is 0. The molecule has 0 spiro atoms. The summed E-state index contributed by atoms with van der Waals surface area (Å²) in [5, 5.41) is 1.52. The van der Waals surface area contributed by atoms with Crippen LogP contribution in [0.4, 0.5) is 0 Å². The molecule has 0 N–H and O–H groups in total. The highest BCUT2D eigenvalue weighted by atomic mass is 127. The largest absolute Gasteiger partial charge is 1.00 e. The Kier molecular flexibility index (Phi) is 6.80. The van der Waals surface area contributed by atoms with E-state index in [9.17, 15) is 0 Å². The predicted molar refractivity (Wildman–Crippen MR) is 99.2 cm³/mol. The average molecular weight is 432 g/mol. The summed E-state index contributed by atoms with van der Waals surface area (Å²) in [4.78, 5) is 0. The van der Waals surface area contributed by atoms with Crippen LogP contribution in [0.3, 0.4) is 0 Å². The zero-order valence-corrected chi connectivity index (χ0v) is 16.5. The topological polar surface area (TPSA) is 0 Å². The average Bonchev–Trinajstić information content (AvgIpc) is 2.57. The number of halogens is 1. The van der Waals surface area contributed by atoms with Crippen molar-refractivity contribution >= 4 is 12.6 Å². The highest BCUT2D eigenvalue weighted by Gasteiger charge is 2.34. The minimum absolute atomic E-state index is 0. The molecule has 0 unspecified atom stereocenters. The molecule has 0 aliphatic carbocycles. The van der Waals surface area contributed by atoms with Gasteiger partial charge in [-0.05, 0) is 23.3 Å². The van der Waals surface area contributed by atoms with Crippen LogP contribution < -0.4 is 29.3 Å². The van der Waals surface area contributed by atoms with Gasteiger partial charge in [-0.25, -0.2) is 0 Å². The van der Waals surface area contributed by atoms with Gasteiger partial charge in [0.05, 0.1) is 31.6 Å². The van der Waals surface area contributed by atoms with Crippen LogP contribution >= 0.6 is 7.26 Å². The van der Waals surface area contributed by atoms with Gasteiger partial charge in [0.2, 0.25) is 0 Å². The number of hydrogen-bond donors (Lipinski definition) is 0. The van der Waals surface area contributed by atoms with E-state index in [1.165, 1.54) is 16.4 Å². The van der Waals surface area contributed by atoms with Crippen LogP contribution in [0.1, 0.15) is 11.1 Å². The van der Waals surface area contributed by atoms with Gasteiger partial charge >= 0.3 is 0 Å². The lowest BCUT2D eigenvalue weighted by molar-refractivity contribution is -0.00000454. The van der Waals surface area contributed by atoms with Gasteiger partial charge in [-0.3, -0.25) is 0 Å². The molecular weight excluding hydrogens is 410 g/mol. The first kappa shape index (κ1) is 18.2. The normalized spacial score (nSPS) is 10.8. The maximum Gasteiger partial charge on any atom is 0.0943 e. The molecule has 0 heterocycles. The summed E-state index contributed by atoms with van der Waals surface area (Å²) < 4.78 is 0. The fourth-order valence-corrected chi connectivity index (χ4v) is 6.40. The van der Waals surface area contributed by atoms with Gasteiger partial charge in [-0.1, -0.05) is 78.9 Å². The molecule has 0 nitrogen and oxygen atoms in total. The lowest BCUT2D eigenvalue weighted by Gasteiger charge is -2.23. The fourth-order valence-electron chi connectivity index (χ4n) is 3.00. The van der Waals surface area contributed by atoms with E-state index in [0.29, 0.717) is 0 Å². The minimum Gasteiger partial charge on any atom is -1.00 e. The van der Waals surface area contributed by atoms with Crippen LogP contribution in [-0.2, 0) is 12.3 Å². The maximum absolute atomic E-state index is 2.49. The Hall–Kier alpha value is -1.18. The molecule has 0 aromatic heterocycles. The molecule has 0 fully saturated rings. The molecule has 0 bridgehead atoms. The van der Waals surface area contributed by atoms with Crippen LogP contribution in [0.15, 0.2) is 91.0 Å². The van der Waals surface area contributed by atoms with Gasteiger partial charge < -0.3 is 24.0 Å². The maximum atomic E-state index is 2.49. The SMILES string of the molecule is C[P+](Cc1ccccc1)(Cc1ccccc1)c1ccccc1.[I-]. The summed E-state index contributed by atoms with van der Waals surface area (Å²) in [6.07, 6.45) is 2.32. The van der Waals surface area contributed by atoms with Gasteiger partial charge in [0, 0.05) is 0 Å². The van der Waals surface area contributed by atoms with Crippen LogP contribution in [0.5, 0.6) is 0 Å². The Bertz CT molecular complexity index is 654. The molecule has 23 heavy (non-hydrogen) atoms. The van der Waals surface area contributed by atoms with Crippen molar-refractivity contribution in [2.24, 2.45) is 0 Å². The highest BCUT2D eigenvalue weighted by Crippen LogP contribution is 2.59. The van der Waals surface area contributed by atoms with Crippen molar-refractivity contribution in [3.05, 3.63) is 102 Å². The summed E-state index contributed by atoms with van der Waals surface area (Å²) in [6.45, 7) is 2.49. The van der Waals surface area contributed by atoms with Gasteiger partial charge in [-0.2, -0.15) is 0 Å². The van der Waals surface area contributed by atoms with Crippen LogP contribution in [-0.4, -0.2) is 6.66 Å². The molecule has 118 valence electrons. The first-order valence-corrected chi connectivity index (χ1v) is 10.3. The third-order valence-corrected chi connectivity index (χ3v) is 7.80. The standard InChI is InChI=1S/C21H22P.HI/c1-22(21-15-9-4-10-16-21,17-19-11-5-2-6-12-19)18-20-13-7-3-8-14-20;/h2-16H,17-18H2,1H3;1H/q+1;/p-1. The van der Waals surface area contributed by atoms with E-state index in [0.717, 1.165) is 12.3 Å². The molecule has 0 amide bonds. The number of rotatable bonds is 5. The molecule has 3 aromatic carbocycles. The summed E-state index contributed by atoms with van der Waals surface area (Å²) >= 11 is 0. The zero-order chi connectivity index (χ0) is 15.3. The van der Waals surface area contributed by atoms with E-state index in [1.807, 2.05) is 0 Å². The van der Waals surface area contributed by atoms with Crippen molar-refractivity contribution in [3.8, 4) is 0 Å². The monoisotopic (exact) mass is 432 g/mol. The second-order valence-electron chi connectivity index (χ2n) is 6.02. The Morgan fingerprint density at radius 2 is 0.913 bits per heavy atom. The second kappa shape index (κ2) is 8.61. The number of benzene rings is 3. The first-order valence-electron chi connectivity index (χ1n) is 7.74.